The first-order valence-electron chi connectivity index (χ1n) is 8.70. The largest absolute Gasteiger partial charge is 0.508 e. The van der Waals surface area contributed by atoms with E-state index in [1.807, 2.05) is 0 Å². The molecule has 1 heterocycles. The highest BCUT2D eigenvalue weighted by atomic mass is 16.6. The van der Waals surface area contributed by atoms with E-state index in [1.165, 1.54) is 24.4 Å². The molecule has 2 N–H and O–H groups in total. The average Bonchev–Trinajstić information content (AvgIpc) is 2.98. The number of rotatable bonds is 6. The zero-order valence-electron chi connectivity index (χ0n) is 16.6. The van der Waals surface area contributed by atoms with Crippen molar-refractivity contribution < 1.29 is 34.0 Å². The summed E-state index contributed by atoms with van der Waals surface area (Å²) in [5, 5.41) is 19.6. The lowest BCUT2D eigenvalue weighted by atomic mass is 10.1. The van der Waals surface area contributed by atoms with Crippen LogP contribution in [0.2, 0.25) is 0 Å². The van der Waals surface area contributed by atoms with Crippen LogP contribution < -0.4 is 4.74 Å². The number of carbonyl (C=O) groups is 2. The molecule has 0 aliphatic carbocycles. The molecule has 0 spiro atoms. The summed E-state index contributed by atoms with van der Waals surface area (Å²) in [6.07, 6.45) is 0.301. The Morgan fingerprint density at radius 1 is 1.21 bits per heavy atom. The SMILES string of the molecule is COC[C@H](C)Oc1cc(O)cc(-c2c(C(=O)O)ccn2C(=O)OC(C)(C)C)c1. The van der Waals surface area contributed by atoms with Gasteiger partial charge in [-0.05, 0) is 45.9 Å². The van der Waals surface area contributed by atoms with Crippen LogP contribution in [0.25, 0.3) is 11.3 Å². The van der Waals surface area contributed by atoms with Crippen molar-refractivity contribution in [3.63, 3.8) is 0 Å². The minimum atomic E-state index is -1.21. The van der Waals surface area contributed by atoms with Crippen LogP contribution >= 0.6 is 0 Å². The van der Waals surface area contributed by atoms with Crippen molar-refractivity contribution in [2.45, 2.75) is 39.4 Å². The Balaban J connectivity index is 2.54. The second-order valence-corrected chi connectivity index (χ2v) is 7.33. The molecule has 0 aliphatic heterocycles. The van der Waals surface area contributed by atoms with Crippen molar-refractivity contribution in [2.75, 3.05) is 13.7 Å². The molecule has 152 valence electrons. The molecule has 0 bridgehead atoms. The van der Waals surface area contributed by atoms with Gasteiger partial charge in [0.1, 0.15) is 23.2 Å². The van der Waals surface area contributed by atoms with Gasteiger partial charge in [0.2, 0.25) is 0 Å². The molecule has 2 aromatic rings. The van der Waals surface area contributed by atoms with Crippen molar-refractivity contribution in [3.8, 4) is 22.8 Å². The molecule has 28 heavy (non-hydrogen) atoms. The summed E-state index contributed by atoms with van der Waals surface area (Å²) in [5.41, 5.74) is -0.479. The number of ether oxygens (including phenoxy) is 3. The van der Waals surface area contributed by atoms with Crippen LogP contribution in [0.15, 0.2) is 30.5 Å². The molecule has 0 saturated carbocycles. The van der Waals surface area contributed by atoms with Gasteiger partial charge in [0.25, 0.3) is 0 Å². The summed E-state index contributed by atoms with van der Waals surface area (Å²) < 4.78 is 17.2. The Hall–Kier alpha value is -3.00. The van der Waals surface area contributed by atoms with Gasteiger partial charge in [-0.3, -0.25) is 4.57 Å². The monoisotopic (exact) mass is 391 g/mol. The maximum atomic E-state index is 12.6. The molecule has 8 nitrogen and oxygen atoms in total. The molecule has 8 heteroatoms. The Kier molecular flexibility index (Phi) is 6.35. The zero-order chi connectivity index (χ0) is 21.1. The standard InChI is InChI=1S/C20H25NO7/c1-12(11-26-5)27-15-9-13(8-14(22)10-15)17-16(18(23)24)6-7-21(17)19(25)28-20(2,3)4/h6-10,12,22H,11H2,1-5H3,(H,23,24)/t12-/m0/s1. The van der Waals surface area contributed by atoms with Crippen molar-refractivity contribution >= 4 is 12.1 Å². The summed E-state index contributed by atoms with van der Waals surface area (Å²) in [7, 11) is 1.54. The van der Waals surface area contributed by atoms with Gasteiger partial charge in [-0.2, -0.15) is 0 Å². The van der Waals surface area contributed by atoms with Crippen LogP contribution in [0, 0.1) is 0 Å². The number of aromatic nitrogens is 1. The molecular formula is C20H25NO7. The minimum Gasteiger partial charge on any atom is -0.508 e. The van der Waals surface area contributed by atoms with Crippen molar-refractivity contribution in [3.05, 3.63) is 36.0 Å². The Morgan fingerprint density at radius 2 is 1.89 bits per heavy atom. The maximum Gasteiger partial charge on any atom is 0.419 e. The van der Waals surface area contributed by atoms with Crippen molar-refractivity contribution in [1.29, 1.82) is 0 Å². The molecule has 2 rings (SSSR count). The summed E-state index contributed by atoms with van der Waals surface area (Å²) in [6, 6.07) is 5.61. The highest BCUT2D eigenvalue weighted by molar-refractivity contribution is 5.98. The van der Waals surface area contributed by atoms with Crippen LogP contribution in [0.5, 0.6) is 11.5 Å². The first-order chi connectivity index (χ1) is 13.0. The van der Waals surface area contributed by atoms with Crippen molar-refractivity contribution in [1.82, 2.24) is 4.57 Å². The molecule has 0 unspecified atom stereocenters. The molecule has 0 aliphatic rings. The van der Waals surface area contributed by atoms with E-state index in [1.54, 1.807) is 40.9 Å². The normalized spacial score (nSPS) is 12.5. The summed E-state index contributed by atoms with van der Waals surface area (Å²) >= 11 is 0. The van der Waals surface area contributed by atoms with Crippen LogP contribution in [0.3, 0.4) is 0 Å². The quantitative estimate of drug-likeness (QED) is 0.772. The van der Waals surface area contributed by atoms with E-state index in [4.69, 9.17) is 14.2 Å². The van der Waals surface area contributed by atoms with E-state index in [0.29, 0.717) is 17.9 Å². The maximum absolute atomic E-state index is 12.6. The lowest BCUT2D eigenvalue weighted by molar-refractivity contribution is 0.0540. The van der Waals surface area contributed by atoms with Gasteiger partial charge in [-0.1, -0.05) is 0 Å². The molecule has 0 radical (unpaired) electrons. The first-order valence-corrected chi connectivity index (χ1v) is 8.70. The average molecular weight is 391 g/mol. The van der Waals surface area contributed by atoms with E-state index in [-0.39, 0.29) is 23.1 Å². The lowest BCUT2D eigenvalue weighted by Gasteiger charge is -2.21. The smallest absolute Gasteiger partial charge is 0.419 e. The number of aromatic carboxylic acids is 1. The molecule has 1 atom stereocenters. The van der Waals surface area contributed by atoms with E-state index < -0.39 is 17.7 Å². The van der Waals surface area contributed by atoms with E-state index >= 15 is 0 Å². The topological polar surface area (TPSA) is 107 Å². The van der Waals surface area contributed by atoms with E-state index in [0.717, 1.165) is 4.57 Å². The number of hydrogen-bond acceptors (Lipinski definition) is 6. The van der Waals surface area contributed by atoms with E-state index in [9.17, 15) is 19.8 Å². The number of phenols is 1. The number of benzene rings is 1. The Bertz CT molecular complexity index is 864. The van der Waals surface area contributed by atoms with Gasteiger partial charge in [-0.25, -0.2) is 9.59 Å². The second kappa shape index (κ2) is 8.35. The molecule has 0 amide bonds. The van der Waals surface area contributed by atoms with E-state index in [2.05, 4.69) is 0 Å². The molecule has 1 aromatic heterocycles. The fourth-order valence-corrected chi connectivity index (χ4v) is 2.65. The molecule has 0 saturated heterocycles. The molecular weight excluding hydrogens is 366 g/mol. The lowest BCUT2D eigenvalue weighted by Crippen LogP contribution is -2.27. The third-order valence-electron chi connectivity index (χ3n) is 3.61. The number of aromatic hydroxyl groups is 1. The Labute approximate surface area is 163 Å². The Morgan fingerprint density at radius 3 is 2.46 bits per heavy atom. The summed E-state index contributed by atoms with van der Waals surface area (Å²) in [6.45, 7) is 7.26. The fraction of sp³-hybridized carbons (Fsp3) is 0.400. The van der Waals surface area contributed by atoms with Crippen LogP contribution in [0.1, 0.15) is 38.1 Å². The summed E-state index contributed by atoms with van der Waals surface area (Å²) in [4.78, 5) is 24.2. The number of nitrogens with zero attached hydrogens (tertiary/aromatic N) is 1. The number of carboxylic acid groups (broad SMARTS) is 1. The van der Waals surface area contributed by atoms with Gasteiger partial charge in [0.15, 0.2) is 0 Å². The van der Waals surface area contributed by atoms with Gasteiger partial charge in [0, 0.05) is 24.9 Å². The second-order valence-electron chi connectivity index (χ2n) is 7.33. The van der Waals surface area contributed by atoms with Crippen LogP contribution in [-0.4, -0.2) is 52.3 Å². The molecule has 1 aromatic carbocycles. The molecule has 0 fully saturated rings. The number of methoxy groups -OCH3 is 1. The van der Waals surface area contributed by atoms with Gasteiger partial charge < -0.3 is 24.4 Å². The van der Waals surface area contributed by atoms with Crippen LogP contribution in [-0.2, 0) is 9.47 Å². The first kappa shape index (κ1) is 21.3. The number of phenolic OH excluding ortho intramolecular Hbond substituents is 1. The van der Waals surface area contributed by atoms with Gasteiger partial charge in [-0.15, -0.1) is 0 Å². The van der Waals surface area contributed by atoms with Crippen molar-refractivity contribution in [2.24, 2.45) is 0 Å². The third kappa shape index (κ3) is 5.26. The number of carbonyl (C=O) groups excluding carboxylic acids is 1. The van der Waals surface area contributed by atoms with Crippen LogP contribution in [0.4, 0.5) is 4.79 Å². The predicted octanol–water partition coefficient (Wildman–Crippen LogP) is 3.76. The van der Waals surface area contributed by atoms with Gasteiger partial charge >= 0.3 is 12.1 Å². The zero-order valence-corrected chi connectivity index (χ0v) is 16.6. The van der Waals surface area contributed by atoms with Gasteiger partial charge in [0.05, 0.1) is 17.9 Å². The number of hydrogen-bond donors (Lipinski definition) is 2. The fourth-order valence-electron chi connectivity index (χ4n) is 2.65. The third-order valence-corrected chi connectivity index (χ3v) is 3.61. The summed E-state index contributed by atoms with van der Waals surface area (Å²) in [5.74, 6) is -1.03. The predicted molar refractivity (Wildman–Crippen MR) is 102 cm³/mol. The number of carboxylic acids is 1. The highest BCUT2D eigenvalue weighted by Crippen LogP contribution is 2.33. The highest BCUT2D eigenvalue weighted by Gasteiger charge is 2.25. The minimum absolute atomic E-state index is 0.0851.